The molecule has 1 aromatic heterocycles. The van der Waals surface area contributed by atoms with Gasteiger partial charge >= 0.3 is 0 Å². The molecule has 1 amide bonds. The Bertz CT molecular complexity index is 457. The number of amides is 1. The van der Waals surface area contributed by atoms with Gasteiger partial charge in [0.1, 0.15) is 12.0 Å². The normalized spacial score (nSPS) is 16.2. The molecule has 1 aliphatic rings. The monoisotopic (exact) mass is 265 g/mol. The number of nitrogens with one attached hydrogen (secondary N) is 1. The summed E-state index contributed by atoms with van der Waals surface area (Å²) < 4.78 is 5.09. The average Bonchev–Trinajstić information content (AvgIpc) is 2.39. The van der Waals surface area contributed by atoms with Crippen LogP contribution in [0.2, 0.25) is 0 Å². The summed E-state index contributed by atoms with van der Waals surface area (Å²) in [5, 5.41) is 2.94. The molecule has 7 heteroatoms. The highest BCUT2D eigenvalue weighted by atomic mass is 16.5. The first-order chi connectivity index (χ1) is 9.11. The molecule has 3 N–H and O–H groups in total. The van der Waals surface area contributed by atoms with Crippen LogP contribution in [0.1, 0.15) is 19.8 Å². The fraction of sp³-hybridized carbons (Fsp3) is 0.583. The van der Waals surface area contributed by atoms with Crippen LogP contribution >= 0.6 is 0 Å². The Hall–Kier alpha value is -2.05. The van der Waals surface area contributed by atoms with E-state index < -0.39 is 0 Å². The van der Waals surface area contributed by atoms with Gasteiger partial charge in [0.15, 0.2) is 5.82 Å². The summed E-state index contributed by atoms with van der Waals surface area (Å²) in [6.45, 7) is 3.14. The molecule has 0 unspecified atom stereocenters. The predicted octanol–water partition coefficient (Wildman–Crippen LogP) is 0.172. The van der Waals surface area contributed by atoms with E-state index in [-0.39, 0.29) is 11.9 Å². The lowest BCUT2D eigenvalue weighted by Crippen LogP contribution is -2.44. The summed E-state index contributed by atoms with van der Waals surface area (Å²) in [6, 6.07) is 0.235. The minimum absolute atomic E-state index is 0.0154. The van der Waals surface area contributed by atoms with Crippen LogP contribution < -0.4 is 20.7 Å². The van der Waals surface area contributed by atoms with Crippen molar-refractivity contribution in [1.29, 1.82) is 0 Å². The number of nitrogen functional groups attached to an aromatic ring is 1. The number of carbonyl (C=O) groups is 1. The van der Waals surface area contributed by atoms with Crippen LogP contribution in [0.5, 0.6) is 5.88 Å². The Morgan fingerprint density at radius 2 is 2.16 bits per heavy atom. The maximum Gasteiger partial charge on any atom is 0.242 e. The van der Waals surface area contributed by atoms with Crippen LogP contribution in [0.4, 0.5) is 11.5 Å². The molecule has 2 heterocycles. The fourth-order valence-electron chi connectivity index (χ4n) is 2.31. The summed E-state index contributed by atoms with van der Waals surface area (Å²) >= 11 is 0. The van der Waals surface area contributed by atoms with E-state index >= 15 is 0 Å². The molecule has 0 radical (unpaired) electrons. The van der Waals surface area contributed by atoms with Crippen molar-refractivity contribution in [3.63, 3.8) is 0 Å². The third kappa shape index (κ3) is 3.04. The molecule has 7 nitrogen and oxygen atoms in total. The van der Waals surface area contributed by atoms with Crippen molar-refractivity contribution in [1.82, 2.24) is 15.3 Å². The van der Waals surface area contributed by atoms with E-state index in [0.717, 1.165) is 25.9 Å². The van der Waals surface area contributed by atoms with Crippen molar-refractivity contribution >= 4 is 17.4 Å². The van der Waals surface area contributed by atoms with Crippen molar-refractivity contribution in [3.8, 4) is 5.88 Å². The Kier molecular flexibility index (Phi) is 4.03. The topological polar surface area (TPSA) is 93.4 Å². The number of rotatable bonds is 3. The van der Waals surface area contributed by atoms with Crippen molar-refractivity contribution < 1.29 is 9.53 Å². The van der Waals surface area contributed by atoms with Gasteiger partial charge in [0.05, 0.1) is 7.11 Å². The molecule has 2 rings (SSSR count). The molecule has 1 fully saturated rings. The highest BCUT2D eigenvalue weighted by Crippen LogP contribution is 2.29. The molecule has 0 atom stereocenters. The van der Waals surface area contributed by atoms with Gasteiger partial charge in [-0.15, -0.1) is 0 Å². The van der Waals surface area contributed by atoms with Crippen LogP contribution in [0.3, 0.4) is 0 Å². The molecule has 0 saturated carbocycles. The van der Waals surface area contributed by atoms with Gasteiger partial charge in [-0.1, -0.05) is 0 Å². The van der Waals surface area contributed by atoms with Crippen molar-refractivity contribution in [3.05, 3.63) is 6.33 Å². The summed E-state index contributed by atoms with van der Waals surface area (Å²) in [7, 11) is 1.53. The maximum absolute atomic E-state index is 11.0. The molecule has 104 valence electrons. The van der Waals surface area contributed by atoms with E-state index in [1.165, 1.54) is 13.4 Å². The van der Waals surface area contributed by atoms with Gasteiger partial charge < -0.3 is 20.7 Å². The zero-order valence-electron chi connectivity index (χ0n) is 11.2. The lowest BCUT2D eigenvalue weighted by molar-refractivity contribution is -0.119. The molecule has 1 saturated heterocycles. The number of nitrogens with two attached hydrogens (primary N) is 1. The van der Waals surface area contributed by atoms with E-state index in [1.54, 1.807) is 6.92 Å². The number of methoxy groups -OCH3 is 1. The van der Waals surface area contributed by atoms with Gasteiger partial charge in [0.25, 0.3) is 0 Å². The zero-order valence-corrected chi connectivity index (χ0v) is 11.2. The molecule has 0 spiro atoms. The Balaban J connectivity index is 2.03. The largest absolute Gasteiger partial charge is 0.479 e. The number of nitrogens with zero attached hydrogens (tertiary/aromatic N) is 3. The van der Waals surface area contributed by atoms with Crippen LogP contribution in [0, 0.1) is 0 Å². The minimum Gasteiger partial charge on any atom is -0.479 e. The lowest BCUT2D eigenvalue weighted by atomic mass is 10.0. The van der Waals surface area contributed by atoms with Gasteiger partial charge in [-0.3, -0.25) is 4.79 Å². The number of anilines is 2. The first-order valence-electron chi connectivity index (χ1n) is 6.28. The summed E-state index contributed by atoms with van der Waals surface area (Å²) in [5.74, 6) is 1.11. The van der Waals surface area contributed by atoms with Gasteiger partial charge in [-0.25, -0.2) is 4.98 Å². The average molecular weight is 265 g/mol. The minimum atomic E-state index is 0.0154. The molecule has 19 heavy (non-hydrogen) atoms. The molecular weight excluding hydrogens is 246 g/mol. The zero-order chi connectivity index (χ0) is 13.8. The second kappa shape index (κ2) is 5.73. The number of hydrogen-bond acceptors (Lipinski definition) is 6. The third-order valence-electron chi connectivity index (χ3n) is 3.22. The number of hydrogen-bond donors (Lipinski definition) is 2. The maximum atomic E-state index is 11.0. The van der Waals surface area contributed by atoms with Crippen molar-refractivity contribution in [2.75, 3.05) is 30.8 Å². The Morgan fingerprint density at radius 1 is 1.47 bits per heavy atom. The smallest absolute Gasteiger partial charge is 0.242 e. The van der Waals surface area contributed by atoms with Gasteiger partial charge in [-0.2, -0.15) is 4.98 Å². The number of carbonyl (C=O) groups excluding carboxylic acids is 1. The highest BCUT2D eigenvalue weighted by molar-refractivity contribution is 5.73. The summed E-state index contributed by atoms with van der Waals surface area (Å²) in [5.41, 5.74) is 6.44. The van der Waals surface area contributed by atoms with Crippen LogP contribution in [-0.2, 0) is 4.79 Å². The number of ether oxygens (including phenoxy) is 1. The molecule has 0 aliphatic carbocycles. The molecule has 1 aliphatic heterocycles. The van der Waals surface area contributed by atoms with E-state index in [2.05, 4.69) is 20.2 Å². The Labute approximate surface area is 112 Å². The first-order valence-corrected chi connectivity index (χ1v) is 6.28. The standard InChI is InChI=1S/C12H19N5O2/c1-8(18)16-9-3-5-17(6-4-9)11-10(13)12(19-2)15-7-14-11/h7,9H,3-6,13H2,1-2H3,(H,16,18). The van der Waals surface area contributed by atoms with Gasteiger partial charge in [0.2, 0.25) is 11.8 Å². The predicted molar refractivity (Wildman–Crippen MR) is 72.0 cm³/mol. The third-order valence-corrected chi connectivity index (χ3v) is 3.22. The summed E-state index contributed by atoms with van der Waals surface area (Å²) in [4.78, 5) is 21.3. The van der Waals surface area contributed by atoms with Crippen molar-refractivity contribution in [2.24, 2.45) is 0 Å². The molecule has 0 bridgehead atoms. The van der Waals surface area contributed by atoms with Crippen LogP contribution in [0.25, 0.3) is 0 Å². The lowest BCUT2D eigenvalue weighted by Gasteiger charge is -2.33. The second-order valence-corrected chi connectivity index (χ2v) is 4.58. The van der Waals surface area contributed by atoms with E-state index in [0.29, 0.717) is 17.4 Å². The van der Waals surface area contributed by atoms with Gasteiger partial charge in [-0.05, 0) is 12.8 Å². The molecule has 1 aromatic rings. The Morgan fingerprint density at radius 3 is 2.74 bits per heavy atom. The van der Waals surface area contributed by atoms with E-state index in [4.69, 9.17) is 10.5 Å². The van der Waals surface area contributed by atoms with Crippen LogP contribution in [0.15, 0.2) is 6.33 Å². The highest BCUT2D eigenvalue weighted by Gasteiger charge is 2.23. The second-order valence-electron chi connectivity index (χ2n) is 4.58. The number of aromatic nitrogens is 2. The van der Waals surface area contributed by atoms with Crippen LogP contribution in [-0.4, -0.2) is 42.1 Å². The quantitative estimate of drug-likeness (QED) is 0.809. The SMILES string of the molecule is COc1ncnc(N2CCC(NC(C)=O)CC2)c1N. The summed E-state index contributed by atoms with van der Waals surface area (Å²) in [6.07, 6.45) is 3.21. The van der Waals surface area contributed by atoms with Crippen molar-refractivity contribution in [2.45, 2.75) is 25.8 Å². The van der Waals surface area contributed by atoms with E-state index in [9.17, 15) is 4.79 Å². The number of piperidine rings is 1. The fourth-order valence-corrected chi connectivity index (χ4v) is 2.31. The van der Waals surface area contributed by atoms with E-state index in [1.807, 2.05) is 0 Å². The molecular formula is C12H19N5O2. The molecule has 0 aromatic carbocycles. The van der Waals surface area contributed by atoms with Gasteiger partial charge in [0, 0.05) is 26.1 Å². The first kappa shape index (κ1) is 13.4.